The van der Waals surface area contributed by atoms with Gasteiger partial charge in [0.2, 0.25) is 0 Å². The fourth-order valence-corrected chi connectivity index (χ4v) is 8.03. The molecule has 0 saturated heterocycles. The molecular formula is C54H37N. The maximum absolute atomic E-state index is 2.36. The van der Waals surface area contributed by atoms with Crippen molar-refractivity contribution >= 4 is 49.4 Å². The van der Waals surface area contributed by atoms with Crippen LogP contribution in [0.1, 0.15) is 0 Å². The predicted molar refractivity (Wildman–Crippen MR) is 235 cm³/mol. The Hall–Kier alpha value is -7.22. The normalized spacial score (nSPS) is 11.3. The first-order valence-electron chi connectivity index (χ1n) is 18.9. The van der Waals surface area contributed by atoms with E-state index in [1.807, 2.05) is 0 Å². The van der Waals surface area contributed by atoms with Gasteiger partial charge in [-0.25, -0.2) is 0 Å². The third kappa shape index (κ3) is 6.22. The van der Waals surface area contributed by atoms with E-state index in [1.54, 1.807) is 0 Å². The minimum absolute atomic E-state index is 1.11. The second kappa shape index (κ2) is 14.0. The van der Waals surface area contributed by atoms with E-state index >= 15 is 0 Å². The van der Waals surface area contributed by atoms with Crippen molar-refractivity contribution in [1.82, 2.24) is 0 Å². The van der Waals surface area contributed by atoms with Gasteiger partial charge >= 0.3 is 0 Å². The fraction of sp³-hybridized carbons (Fsp3) is 0. The van der Waals surface area contributed by atoms with Crippen LogP contribution in [0.3, 0.4) is 0 Å². The quantitative estimate of drug-likeness (QED) is 0.150. The molecule has 10 aromatic rings. The lowest BCUT2D eigenvalue weighted by Gasteiger charge is -2.26. The van der Waals surface area contributed by atoms with E-state index in [1.165, 1.54) is 76.8 Å². The Morgan fingerprint density at radius 2 is 0.673 bits per heavy atom. The summed E-state index contributed by atoms with van der Waals surface area (Å²) in [7, 11) is 0. The van der Waals surface area contributed by atoms with E-state index in [0.29, 0.717) is 0 Å². The van der Waals surface area contributed by atoms with Crippen molar-refractivity contribution in [3.63, 3.8) is 0 Å². The second-order valence-corrected chi connectivity index (χ2v) is 14.2. The molecule has 0 aromatic heterocycles. The van der Waals surface area contributed by atoms with Crippen LogP contribution in [-0.2, 0) is 0 Å². The number of hydrogen-bond donors (Lipinski definition) is 0. The molecule has 0 amide bonds. The van der Waals surface area contributed by atoms with Crippen molar-refractivity contribution in [1.29, 1.82) is 0 Å². The third-order valence-electron chi connectivity index (χ3n) is 10.8. The second-order valence-electron chi connectivity index (χ2n) is 14.2. The number of anilines is 3. The van der Waals surface area contributed by atoms with Gasteiger partial charge in [-0.15, -0.1) is 0 Å². The maximum atomic E-state index is 2.36. The molecule has 0 spiro atoms. The first kappa shape index (κ1) is 32.4. The average molecular weight is 700 g/mol. The Balaban J connectivity index is 1.04. The highest BCUT2D eigenvalue weighted by Crippen LogP contribution is 2.40. The molecule has 1 heteroatoms. The van der Waals surface area contributed by atoms with Gasteiger partial charge in [-0.1, -0.05) is 170 Å². The van der Waals surface area contributed by atoms with Gasteiger partial charge in [0.25, 0.3) is 0 Å². The molecule has 0 fully saturated rings. The van der Waals surface area contributed by atoms with Gasteiger partial charge in [-0.05, 0) is 131 Å². The summed E-state index contributed by atoms with van der Waals surface area (Å²) in [4.78, 5) is 2.36. The smallest absolute Gasteiger partial charge is 0.0468 e. The van der Waals surface area contributed by atoms with Gasteiger partial charge in [-0.2, -0.15) is 0 Å². The molecule has 0 radical (unpaired) electrons. The summed E-state index contributed by atoms with van der Waals surface area (Å²) >= 11 is 0. The van der Waals surface area contributed by atoms with Crippen molar-refractivity contribution in [2.75, 3.05) is 4.90 Å². The Labute approximate surface area is 322 Å². The van der Waals surface area contributed by atoms with Crippen molar-refractivity contribution in [3.8, 4) is 44.5 Å². The zero-order valence-electron chi connectivity index (χ0n) is 30.3. The van der Waals surface area contributed by atoms with E-state index in [4.69, 9.17) is 0 Å². The van der Waals surface area contributed by atoms with Crippen molar-refractivity contribution < 1.29 is 0 Å². The number of fused-ring (bicyclic) bond motifs is 4. The fourth-order valence-electron chi connectivity index (χ4n) is 8.03. The summed E-state index contributed by atoms with van der Waals surface area (Å²) in [6.07, 6.45) is 0. The molecule has 55 heavy (non-hydrogen) atoms. The monoisotopic (exact) mass is 699 g/mol. The molecule has 0 bridgehead atoms. The molecular weight excluding hydrogens is 663 g/mol. The van der Waals surface area contributed by atoms with Crippen LogP contribution < -0.4 is 4.90 Å². The number of nitrogens with zero attached hydrogens (tertiary/aromatic N) is 1. The summed E-state index contributed by atoms with van der Waals surface area (Å²) in [5.74, 6) is 0. The highest BCUT2D eigenvalue weighted by Gasteiger charge is 2.15. The van der Waals surface area contributed by atoms with Crippen LogP contribution >= 0.6 is 0 Å². The first-order valence-corrected chi connectivity index (χ1v) is 18.9. The Bertz CT molecular complexity index is 2950. The Morgan fingerprint density at radius 1 is 0.218 bits per heavy atom. The molecule has 0 aliphatic heterocycles. The summed E-state index contributed by atoms with van der Waals surface area (Å²) in [6, 6.07) is 81.4. The van der Waals surface area contributed by atoms with Gasteiger partial charge in [0, 0.05) is 17.1 Å². The lowest BCUT2D eigenvalue weighted by Crippen LogP contribution is -2.09. The van der Waals surface area contributed by atoms with Gasteiger partial charge in [0.05, 0.1) is 0 Å². The van der Waals surface area contributed by atoms with E-state index in [-0.39, 0.29) is 0 Å². The highest BCUT2D eigenvalue weighted by molar-refractivity contribution is 6.14. The van der Waals surface area contributed by atoms with Crippen LogP contribution in [-0.4, -0.2) is 0 Å². The maximum Gasteiger partial charge on any atom is 0.0468 e. The zero-order valence-corrected chi connectivity index (χ0v) is 30.3. The standard InChI is InChI=1S/C54H37N/c1-3-12-38(13-4-1)40-24-29-48(30-25-40)55(49-31-26-41(27-32-49)43-18-11-17-42(34-43)39-14-5-2-6-15-39)50-33-28-44-35-47(23-22-45(44)36-50)54-37-46-16-7-8-19-51(46)52-20-9-10-21-53(52)54/h1-37H. The van der Waals surface area contributed by atoms with Crippen molar-refractivity contribution in [2.45, 2.75) is 0 Å². The van der Waals surface area contributed by atoms with Gasteiger partial charge in [-0.3, -0.25) is 0 Å². The molecule has 10 aromatic carbocycles. The zero-order chi connectivity index (χ0) is 36.6. The molecule has 0 unspecified atom stereocenters. The van der Waals surface area contributed by atoms with Crippen LogP contribution in [0.2, 0.25) is 0 Å². The summed E-state index contributed by atoms with van der Waals surface area (Å²) in [5, 5.41) is 7.53. The number of rotatable bonds is 7. The van der Waals surface area contributed by atoms with Gasteiger partial charge in [0.1, 0.15) is 0 Å². The van der Waals surface area contributed by atoms with Gasteiger partial charge in [0.15, 0.2) is 0 Å². The molecule has 258 valence electrons. The third-order valence-corrected chi connectivity index (χ3v) is 10.8. The molecule has 0 aliphatic carbocycles. The first-order chi connectivity index (χ1) is 27.2. The summed E-state index contributed by atoms with van der Waals surface area (Å²) in [6.45, 7) is 0. The molecule has 0 saturated carbocycles. The number of hydrogen-bond acceptors (Lipinski definition) is 1. The van der Waals surface area contributed by atoms with Crippen molar-refractivity contribution in [2.24, 2.45) is 0 Å². The van der Waals surface area contributed by atoms with Crippen LogP contribution in [0, 0.1) is 0 Å². The highest BCUT2D eigenvalue weighted by atomic mass is 15.1. The lowest BCUT2D eigenvalue weighted by molar-refractivity contribution is 1.29. The van der Waals surface area contributed by atoms with Crippen LogP contribution in [0.25, 0.3) is 76.8 Å². The van der Waals surface area contributed by atoms with Crippen LogP contribution in [0.4, 0.5) is 17.1 Å². The number of benzene rings is 10. The minimum Gasteiger partial charge on any atom is -0.310 e. The van der Waals surface area contributed by atoms with Crippen molar-refractivity contribution in [3.05, 3.63) is 224 Å². The average Bonchev–Trinajstić information content (AvgIpc) is 3.27. The van der Waals surface area contributed by atoms with Crippen LogP contribution in [0.5, 0.6) is 0 Å². The molecule has 0 atom stereocenters. The molecule has 10 rings (SSSR count). The largest absolute Gasteiger partial charge is 0.310 e. The Kier molecular flexibility index (Phi) is 8.24. The molecule has 0 N–H and O–H groups in total. The summed E-state index contributed by atoms with van der Waals surface area (Å²) < 4.78 is 0. The predicted octanol–water partition coefficient (Wildman–Crippen LogP) is 15.3. The van der Waals surface area contributed by atoms with E-state index in [9.17, 15) is 0 Å². The SMILES string of the molecule is c1ccc(-c2ccc(N(c3ccc(-c4cccc(-c5ccccc5)c4)cc3)c3ccc4cc(-c5cc6ccccc6c6ccccc56)ccc4c3)cc2)cc1. The Morgan fingerprint density at radius 3 is 1.35 bits per heavy atom. The molecule has 1 nitrogen and oxygen atoms in total. The molecule has 0 heterocycles. The topological polar surface area (TPSA) is 3.24 Å². The van der Waals surface area contributed by atoms with Gasteiger partial charge < -0.3 is 4.90 Å². The lowest BCUT2D eigenvalue weighted by atomic mass is 9.92. The van der Waals surface area contributed by atoms with Crippen LogP contribution in [0.15, 0.2) is 224 Å². The van der Waals surface area contributed by atoms with E-state index in [0.717, 1.165) is 17.1 Å². The summed E-state index contributed by atoms with van der Waals surface area (Å²) in [5.41, 5.74) is 13.1. The molecule has 0 aliphatic rings. The van der Waals surface area contributed by atoms with E-state index < -0.39 is 0 Å². The van der Waals surface area contributed by atoms with E-state index in [2.05, 4.69) is 229 Å². The minimum atomic E-state index is 1.11.